The van der Waals surface area contributed by atoms with E-state index in [1.54, 1.807) is 24.3 Å². The number of aromatic amines is 1. The highest BCUT2D eigenvalue weighted by Crippen LogP contribution is 2.22. The van der Waals surface area contributed by atoms with Crippen molar-refractivity contribution in [2.45, 2.75) is 26.3 Å². The van der Waals surface area contributed by atoms with E-state index < -0.39 is 0 Å². The quantitative estimate of drug-likeness (QED) is 0.723. The molecule has 1 saturated heterocycles. The minimum atomic E-state index is -0.379. The SMILES string of the molecule is CC1CCN(Cc2csc(NC(=O)c3n[nH]c(=O)c4ccccc34)n2)CC1. The molecule has 2 aromatic heterocycles. The number of nitrogens with one attached hydrogen (secondary N) is 2. The Morgan fingerprint density at radius 1 is 1.30 bits per heavy atom. The van der Waals surface area contributed by atoms with Gasteiger partial charge in [-0.15, -0.1) is 11.3 Å². The molecule has 8 heteroatoms. The van der Waals surface area contributed by atoms with E-state index in [9.17, 15) is 9.59 Å². The molecule has 0 spiro atoms. The Hall–Kier alpha value is -2.58. The van der Waals surface area contributed by atoms with Crippen molar-refractivity contribution in [3.05, 3.63) is 51.4 Å². The number of hydrogen-bond acceptors (Lipinski definition) is 6. The largest absolute Gasteiger partial charge is 0.297 e. The highest BCUT2D eigenvalue weighted by molar-refractivity contribution is 7.14. The number of amides is 1. The maximum Gasteiger partial charge on any atom is 0.278 e. The lowest BCUT2D eigenvalue weighted by Gasteiger charge is -2.29. The second-order valence-electron chi connectivity index (χ2n) is 7.00. The zero-order valence-electron chi connectivity index (χ0n) is 15.1. The molecule has 3 aromatic rings. The standard InChI is InChI=1S/C19H21N5O2S/c1-12-6-8-24(9-7-12)10-13-11-27-19(20-13)21-18(26)16-14-4-2-3-5-15(14)17(25)23-22-16/h2-5,11-12H,6-10H2,1H3,(H,23,25)(H,20,21,26). The van der Waals surface area contributed by atoms with Crippen LogP contribution in [0.25, 0.3) is 10.8 Å². The van der Waals surface area contributed by atoms with Gasteiger partial charge in [-0.05, 0) is 37.9 Å². The first-order chi connectivity index (χ1) is 13.1. The van der Waals surface area contributed by atoms with Crippen LogP contribution in [0.4, 0.5) is 5.13 Å². The number of carbonyl (C=O) groups is 1. The van der Waals surface area contributed by atoms with Crippen LogP contribution in [0.2, 0.25) is 0 Å². The maximum atomic E-state index is 12.6. The van der Waals surface area contributed by atoms with Gasteiger partial charge in [0, 0.05) is 17.3 Å². The fraction of sp³-hybridized carbons (Fsp3) is 0.368. The van der Waals surface area contributed by atoms with Crippen molar-refractivity contribution < 1.29 is 4.79 Å². The molecular weight excluding hydrogens is 362 g/mol. The molecule has 1 aromatic carbocycles. The Morgan fingerprint density at radius 3 is 2.81 bits per heavy atom. The summed E-state index contributed by atoms with van der Waals surface area (Å²) in [4.78, 5) is 31.4. The molecule has 1 fully saturated rings. The third-order valence-corrected chi connectivity index (χ3v) is 5.75. The van der Waals surface area contributed by atoms with E-state index in [4.69, 9.17) is 0 Å². The molecule has 0 saturated carbocycles. The Bertz CT molecular complexity index is 1020. The summed E-state index contributed by atoms with van der Waals surface area (Å²) in [5.74, 6) is 0.418. The normalized spacial score (nSPS) is 15.9. The van der Waals surface area contributed by atoms with Crippen LogP contribution in [0.1, 0.15) is 35.9 Å². The molecule has 7 nitrogen and oxygen atoms in total. The third-order valence-electron chi connectivity index (χ3n) is 4.95. The number of rotatable bonds is 4. The molecule has 3 heterocycles. The number of fused-ring (bicyclic) bond motifs is 1. The molecule has 1 aliphatic heterocycles. The van der Waals surface area contributed by atoms with Crippen molar-refractivity contribution in [1.82, 2.24) is 20.1 Å². The van der Waals surface area contributed by atoms with Crippen molar-refractivity contribution in [1.29, 1.82) is 0 Å². The predicted molar refractivity (Wildman–Crippen MR) is 106 cm³/mol. The molecule has 4 rings (SSSR count). The predicted octanol–water partition coefficient (Wildman–Crippen LogP) is 2.86. The number of hydrogen-bond donors (Lipinski definition) is 2. The first-order valence-corrected chi connectivity index (χ1v) is 9.93. The van der Waals surface area contributed by atoms with E-state index in [-0.39, 0.29) is 17.2 Å². The number of nitrogens with zero attached hydrogens (tertiary/aromatic N) is 3. The lowest BCUT2D eigenvalue weighted by molar-refractivity contribution is 0.102. The second-order valence-corrected chi connectivity index (χ2v) is 7.86. The van der Waals surface area contributed by atoms with E-state index in [1.165, 1.54) is 24.2 Å². The van der Waals surface area contributed by atoms with E-state index in [0.29, 0.717) is 15.9 Å². The minimum absolute atomic E-state index is 0.187. The molecule has 0 aliphatic carbocycles. The van der Waals surface area contributed by atoms with Crippen molar-refractivity contribution in [2.24, 2.45) is 5.92 Å². The van der Waals surface area contributed by atoms with Gasteiger partial charge in [0.2, 0.25) is 0 Å². The van der Waals surface area contributed by atoms with Gasteiger partial charge in [0.15, 0.2) is 10.8 Å². The lowest BCUT2D eigenvalue weighted by atomic mass is 9.99. The lowest BCUT2D eigenvalue weighted by Crippen LogP contribution is -2.32. The van der Waals surface area contributed by atoms with Gasteiger partial charge in [0.1, 0.15) is 0 Å². The van der Waals surface area contributed by atoms with Gasteiger partial charge in [-0.25, -0.2) is 10.1 Å². The van der Waals surface area contributed by atoms with E-state index in [0.717, 1.165) is 31.2 Å². The summed E-state index contributed by atoms with van der Waals surface area (Å²) in [5, 5.41) is 12.6. The summed E-state index contributed by atoms with van der Waals surface area (Å²) in [6.07, 6.45) is 2.44. The van der Waals surface area contributed by atoms with Gasteiger partial charge in [-0.2, -0.15) is 5.10 Å². The van der Waals surface area contributed by atoms with Gasteiger partial charge in [0.05, 0.1) is 11.1 Å². The van der Waals surface area contributed by atoms with Crippen LogP contribution in [0, 0.1) is 5.92 Å². The Morgan fingerprint density at radius 2 is 2.04 bits per heavy atom. The smallest absolute Gasteiger partial charge is 0.278 e. The molecule has 0 radical (unpaired) electrons. The average molecular weight is 383 g/mol. The first kappa shape index (κ1) is 17.8. The molecule has 0 atom stereocenters. The van der Waals surface area contributed by atoms with Gasteiger partial charge < -0.3 is 0 Å². The zero-order valence-corrected chi connectivity index (χ0v) is 15.9. The van der Waals surface area contributed by atoms with Gasteiger partial charge >= 0.3 is 0 Å². The maximum absolute atomic E-state index is 12.6. The molecule has 0 unspecified atom stereocenters. The number of piperidine rings is 1. The van der Waals surface area contributed by atoms with Crippen LogP contribution in [-0.2, 0) is 6.54 Å². The topological polar surface area (TPSA) is 91.0 Å². The van der Waals surface area contributed by atoms with Crippen LogP contribution >= 0.6 is 11.3 Å². The molecule has 140 valence electrons. The number of benzene rings is 1. The monoisotopic (exact) mass is 383 g/mol. The summed E-state index contributed by atoms with van der Waals surface area (Å²) < 4.78 is 0. The summed E-state index contributed by atoms with van der Waals surface area (Å²) >= 11 is 1.40. The summed E-state index contributed by atoms with van der Waals surface area (Å²) in [7, 11) is 0. The number of aromatic nitrogens is 3. The van der Waals surface area contributed by atoms with E-state index in [2.05, 4.69) is 32.3 Å². The molecule has 0 bridgehead atoms. The Kier molecular flexibility index (Phi) is 5.00. The van der Waals surface area contributed by atoms with Crippen molar-refractivity contribution in [2.75, 3.05) is 18.4 Å². The average Bonchev–Trinajstić information content (AvgIpc) is 3.11. The number of carbonyl (C=O) groups excluding carboxylic acids is 1. The van der Waals surface area contributed by atoms with Gasteiger partial charge in [-0.1, -0.05) is 25.1 Å². The fourth-order valence-corrected chi connectivity index (χ4v) is 4.03. The van der Waals surface area contributed by atoms with Gasteiger partial charge in [0.25, 0.3) is 11.5 Å². The summed E-state index contributed by atoms with van der Waals surface area (Å²) in [6.45, 7) is 5.28. The molecular formula is C19H21N5O2S. The number of likely N-dealkylation sites (tertiary alicyclic amines) is 1. The molecule has 27 heavy (non-hydrogen) atoms. The number of anilines is 1. The van der Waals surface area contributed by atoms with Crippen LogP contribution < -0.4 is 10.9 Å². The van der Waals surface area contributed by atoms with E-state index >= 15 is 0 Å². The van der Waals surface area contributed by atoms with E-state index in [1.807, 2.05) is 5.38 Å². The Balaban J connectivity index is 1.47. The zero-order chi connectivity index (χ0) is 18.8. The number of thiazole rings is 1. The van der Waals surface area contributed by atoms with Crippen LogP contribution in [0.15, 0.2) is 34.4 Å². The van der Waals surface area contributed by atoms with Crippen molar-refractivity contribution >= 4 is 33.1 Å². The van der Waals surface area contributed by atoms with Crippen LogP contribution in [0.3, 0.4) is 0 Å². The van der Waals surface area contributed by atoms with Gasteiger partial charge in [-0.3, -0.25) is 19.8 Å². The highest BCUT2D eigenvalue weighted by Gasteiger charge is 2.18. The molecule has 1 amide bonds. The Labute approximate surface area is 160 Å². The third kappa shape index (κ3) is 3.91. The summed E-state index contributed by atoms with van der Waals surface area (Å²) in [5.41, 5.74) is 0.839. The van der Waals surface area contributed by atoms with Crippen molar-refractivity contribution in [3.63, 3.8) is 0 Å². The fourth-order valence-electron chi connectivity index (χ4n) is 3.33. The summed E-state index contributed by atoms with van der Waals surface area (Å²) in [6, 6.07) is 6.93. The number of H-pyrrole nitrogens is 1. The van der Waals surface area contributed by atoms with Crippen LogP contribution in [0.5, 0.6) is 0 Å². The second kappa shape index (κ2) is 7.58. The van der Waals surface area contributed by atoms with Crippen molar-refractivity contribution in [3.8, 4) is 0 Å². The minimum Gasteiger partial charge on any atom is -0.297 e. The molecule has 1 aliphatic rings. The molecule has 2 N–H and O–H groups in total. The highest BCUT2D eigenvalue weighted by atomic mass is 32.1. The first-order valence-electron chi connectivity index (χ1n) is 9.05. The van der Waals surface area contributed by atoms with Crippen LogP contribution in [-0.4, -0.2) is 39.1 Å².